The number of fused-ring (bicyclic) bond motifs is 1. The van der Waals surface area contributed by atoms with Gasteiger partial charge >= 0.3 is 0 Å². The maximum Gasteiger partial charge on any atom is 0.0806 e. The summed E-state index contributed by atoms with van der Waals surface area (Å²) in [5, 5.41) is 2.50. The molecule has 0 N–H and O–H groups in total. The van der Waals surface area contributed by atoms with Crippen LogP contribution in [0.25, 0.3) is 10.8 Å². The average molecular weight is 293 g/mol. The Morgan fingerprint density at radius 2 is 1.59 bits per heavy atom. The predicted molar refractivity (Wildman–Crippen MR) is 76.3 cm³/mol. The first kappa shape index (κ1) is 12.6. The summed E-state index contributed by atoms with van der Waals surface area (Å²) in [6, 6.07) is 12.6. The Labute approximate surface area is 111 Å². The molecular formula is C15H17BrO. The van der Waals surface area contributed by atoms with Crippen LogP contribution in [0.5, 0.6) is 0 Å². The van der Waals surface area contributed by atoms with Gasteiger partial charge in [-0.15, -0.1) is 0 Å². The Kier molecular flexibility index (Phi) is 3.85. The monoisotopic (exact) mass is 292 g/mol. The van der Waals surface area contributed by atoms with Crippen LogP contribution in [0.4, 0.5) is 0 Å². The van der Waals surface area contributed by atoms with E-state index in [2.05, 4.69) is 73.1 Å². The third-order valence-corrected chi connectivity index (χ3v) is 3.51. The molecule has 0 aliphatic rings. The number of hydrogen-bond acceptors (Lipinski definition) is 1. The van der Waals surface area contributed by atoms with Gasteiger partial charge in [0, 0.05) is 4.47 Å². The van der Waals surface area contributed by atoms with Gasteiger partial charge in [-0.05, 0) is 43.2 Å². The average Bonchev–Trinajstić information content (AvgIpc) is 2.29. The molecule has 0 spiro atoms. The second kappa shape index (κ2) is 5.19. The SMILES string of the molecule is CC(C)O[C@@H](C)c1ccc(Br)c2ccccc12. The number of hydrogen-bond donors (Lipinski definition) is 0. The van der Waals surface area contributed by atoms with E-state index in [-0.39, 0.29) is 12.2 Å². The van der Waals surface area contributed by atoms with Gasteiger partial charge in [0.05, 0.1) is 12.2 Å². The van der Waals surface area contributed by atoms with Gasteiger partial charge in [0.2, 0.25) is 0 Å². The summed E-state index contributed by atoms with van der Waals surface area (Å²) < 4.78 is 7.00. The third-order valence-electron chi connectivity index (χ3n) is 2.82. The van der Waals surface area contributed by atoms with Crippen LogP contribution >= 0.6 is 15.9 Å². The second-order valence-electron chi connectivity index (χ2n) is 4.51. The van der Waals surface area contributed by atoms with E-state index >= 15 is 0 Å². The van der Waals surface area contributed by atoms with Crippen molar-refractivity contribution in [3.05, 3.63) is 46.4 Å². The molecule has 0 aliphatic carbocycles. The summed E-state index contributed by atoms with van der Waals surface area (Å²) in [5.74, 6) is 0. The molecule has 0 unspecified atom stereocenters. The zero-order chi connectivity index (χ0) is 12.4. The van der Waals surface area contributed by atoms with Gasteiger partial charge in [0.1, 0.15) is 0 Å². The van der Waals surface area contributed by atoms with E-state index in [0.29, 0.717) is 0 Å². The van der Waals surface area contributed by atoms with Crippen molar-refractivity contribution < 1.29 is 4.74 Å². The molecule has 1 nitrogen and oxygen atoms in total. The molecular weight excluding hydrogens is 276 g/mol. The van der Waals surface area contributed by atoms with Gasteiger partial charge < -0.3 is 4.74 Å². The highest BCUT2D eigenvalue weighted by molar-refractivity contribution is 9.10. The molecule has 2 aromatic rings. The maximum atomic E-state index is 5.87. The van der Waals surface area contributed by atoms with Gasteiger partial charge in [0.25, 0.3) is 0 Å². The van der Waals surface area contributed by atoms with Gasteiger partial charge in [0.15, 0.2) is 0 Å². The molecule has 2 heteroatoms. The molecule has 2 rings (SSSR count). The van der Waals surface area contributed by atoms with Crippen LogP contribution in [0.3, 0.4) is 0 Å². The lowest BCUT2D eigenvalue weighted by Gasteiger charge is -2.18. The van der Waals surface area contributed by atoms with Crippen molar-refractivity contribution >= 4 is 26.7 Å². The minimum Gasteiger partial charge on any atom is -0.371 e. The zero-order valence-electron chi connectivity index (χ0n) is 10.4. The minimum atomic E-state index is 0.119. The topological polar surface area (TPSA) is 9.23 Å². The standard InChI is InChI=1S/C15H17BrO/c1-10(2)17-11(3)12-8-9-15(16)14-7-5-4-6-13(12)14/h4-11H,1-3H3/t11-/m0/s1. The Morgan fingerprint density at radius 1 is 0.941 bits per heavy atom. The first-order valence-corrected chi connectivity index (χ1v) is 6.71. The van der Waals surface area contributed by atoms with Crippen molar-refractivity contribution in [3.63, 3.8) is 0 Å². The number of rotatable bonds is 3. The van der Waals surface area contributed by atoms with Gasteiger partial charge in [-0.1, -0.05) is 46.3 Å². The summed E-state index contributed by atoms with van der Waals surface area (Å²) in [6.45, 7) is 6.24. The highest BCUT2D eigenvalue weighted by Gasteiger charge is 2.12. The van der Waals surface area contributed by atoms with Crippen LogP contribution in [0.2, 0.25) is 0 Å². The highest BCUT2D eigenvalue weighted by atomic mass is 79.9. The Bertz CT molecular complexity index is 519. The van der Waals surface area contributed by atoms with Crippen molar-refractivity contribution in [1.82, 2.24) is 0 Å². The Morgan fingerprint density at radius 3 is 2.24 bits per heavy atom. The van der Waals surface area contributed by atoms with Gasteiger partial charge in [-0.2, -0.15) is 0 Å². The van der Waals surface area contributed by atoms with Gasteiger partial charge in [-0.25, -0.2) is 0 Å². The van der Waals surface area contributed by atoms with E-state index < -0.39 is 0 Å². The molecule has 2 aromatic carbocycles. The van der Waals surface area contributed by atoms with Crippen LogP contribution in [-0.4, -0.2) is 6.10 Å². The summed E-state index contributed by atoms with van der Waals surface area (Å²) in [7, 11) is 0. The number of benzene rings is 2. The number of ether oxygens (including phenoxy) is 1. The molecule has 0 saturated heterocycles. The fourth-order valence-corrected chi connectivity index (χ4v) is 2.60. The molecule has 0 aliphatic heterocycles. The molecule has 0 bridgehead atoms. The molecule has 0 amide bonds. The first-order chi connectivity index (χ1) is 8.09. The summed E-state index contributed by atoms with van der Waals surface area (Å²) in [4.78, 5) is 0. The molecule has 0 aromatic heterocycles. The van der Waals surface area contributed by atoms with Crippen LogP contribution < -0.4 is 0 Å². The van der Waals surface area contributed by atoms with Gasteiger partial charge in [-0.3, -0.25) is 0 Å². The van der Waals surface area contributed by atoms with E-state index in [1.807, 2.05) is 0 Å². The van der Waals surface area contributed by atoms with Crippen molar-refractivity contribution in [2.24, 2.45) is 0 Å². The molecule has 90 valence electrons. The van der Waals surface area contributed by atoms with Crippen molar-refractivity contribution in [1.29, 1.82) is 0 Å². The summed E-state index contributed by atoms with van der Waals surface area (Å²) in [5.41, 5.74) is 1.25. The fraction of sp³-hybridized carbons (Fsp3) is 0.333. The zero-order valence-corrected chi connectivity index (χ0v) is 12.0. The van der Waals surface area contributed by atoms with E-state index in [1.54, 1.807) is 0 Å². The lowest BCUT2D eigenvalue weighted by Crippen LogP contribution is -2.07. The number of halogens is 1. The van der Waals surface area contributed by atoms with E-state index in [1.165, 1.54) is 16.3 Å². The van der Waals surface area contributed by atoms with E-state index in [9.17, 15) is 0 Å². The normalized spacial score (nSPS) is 13.2. The molecule has 0 heterocycles. The van der Waals surface area contributed by atoms with Crippen molar-refractivity contribution in [2.75, 3.05) is 0 Å². The van der Waals surface area contributed by atoms with E-state index in [0.717, 1.165) is 4.47 Å². The lowest BCUT2D eigenvalue weighted by molar-refractivity contribution is 0.0187. The predicted octanol–water partition coefficient (Wildman–Crippen LogP) is 5.09. The largest absolute Gasteiger partial charge is 0.371 e. The molecule has 1 atom stereocenters. The van der Waals surface area contributed by atoms with E-state index in [4.69, 9.17) is 4.74 Å². The lowest BCUT2D eigenvalue weighted by atomic mass is 10.0. The minimum absolute atomic E-state index is 0.119. The quantitative estimate of drug-likeness (QED) is 0.766. The smallest absolute Gasteiger partial charge is 0.0806 e. The molecule has 0 saturated carbocycles. The maximum absolute atomic E-state index is 5.87. The van der Waals surface area contributed by atoms with Crippen LogP contribution in [0.1, 0.15) is 32.4 Å². The summed E-state index contributed by atoms with van der Waals surface area (Å²) in [6.07, 6.45) is 0.361. The molecule has 17 heavy (non-hydrogen) atoms. The third kappa shape index (κ3) is 2.70. The van der Waals surface area contributed by atoms with Crippen LogP contribution in [0, 0.1) is 0 Å². The van der Waals surface area contributed by atoms with Crippen molar-refractivity contribution in [2.45, 2.75) is 33.0 Å². The summed E-state index contributed by atoms with van der Waals surface area (Å²) >= 11 is 3.59. The molecule has 0 fully saturated rings. The molecule has 0 radical (unpaired) electrons. The fourth-order valence-electron chi connectivity index (χ4n) is 2.12. The highest BCUT2D eigenvalue weighted by Crippen LogP contribution is 2.31. The van der Waals surface area contributed by atoms with Crippen LogP contribution in [-0.2, 0) is 4.74 Å². The Hall–Kier alpha value is -0.860. The second-order valence-corrected chi connectivity index (χ2v) is 5.36. The van der Waals surface area contributed by atoms with Crippen molar-refractivity contribution in [3.8, 4) is 0 Å². The Balaban J connectivity index is 2.51. The first-order valence-electron chi connectivity index (χ1n) is 5.92. The van der Waals surface area contributed by atoms with Crippen LogP contribution in [0.15, 0.2) is 40.9 Å².